The van der Waals surface area contributed by atoms with E-state index in [-0.39, 0.29) is 11.9 Å². The number of carbonyl (C=O) groups excluding carboxylic acids is 1. The van der Waals surface area contributed by atoms with Gasteiger partial charge in [-0.1, -0.05) is 23.4 Å². The molecule has 6 nitrogen and oxygen atoms in total. The van der Waals surface area contributed by atoms with Crippen LogP contribution in [0, 0.1) is 0 Å². The lowest BCUT2D eigenvalue weighted by atomic mass is 10.1. The Balaban J connectivity index is 1.34. The third-order valence-corrected chi connectivity index (χ3v) is 4.78. The van der Waals surface area contributed by atoms with Crippen molar-refractivity contribution in [1.29, 1.82) is 0 Å². The van der Waals surface area contributed by atoms with Gasteiger partial charge in [-0.25, -0.2) is 0 Å². The summed E-state index contributed by atoms with van der Waals surface area (Å²) in [6.45, 7) is 1.24. The van der Waals surface area contributed by atoms with Gasteiger partial charge in [-0.3, -0.25) is 9.78 Å². The van der Waals surface area contributed by atoms with E-state index in [2.05, 4.69) is 10.1 Å². The molecule has 3 aromatic rings. The minimum Gasteiger partial charge on any atom is -0.489 e. The number of amides is 1. The maximum atomic E-state index is 12.7. The molecule has 0 saturated carbocycles. The average Bonchev–Trinajstić information content (AvgIpc) is 3.39. The van der Waals surface area contributed by atoms with Gasteiger partial charge < -0.3 is 14.2 Å². The van der Waals surface area contributed by atoms with E-state index in [0.717, 1.165) is 42.0 Å². The van der Waals surface area contributed by atoms with Crippen molar-refractivity contribution < 1.29 is 14.1 Å². The molecule has 1 saturated heterocycles. The molecule has 4 rings (SSSR count). The summed E-state index contributed by atoms with van der Waals surface area (Å²) in [6.07, 6.45) is 7.37. The maximum absolute atomic E-state index is 12.7. The molecule has 0 N–H and O–H groups in total. The lowest BCUT2D eigenvalue weighted by Gasteiger charge is -2.23. The summed E-state index contributed by atoms with van der Waals surface area (Å²) >= 11 is 0. The van der Waals surface area contributed by atoms with E-state index >= 15 is 0 Å². The van der Waals surface area contributed by atoms with Gasteiger partial charge in [0.2, 0.25) is 5.91 Å². The monoisotopic (exact) mass is 363 g/mol. The first kappa shape index (κ1) is 17.3. The summed E-state index contributed by atoms with van der Waals surface area (Å²) in [5, 5.41) is 4.01. The number of rotatable bonds is 6. The first-order valence-electron chi connectivity index (χ1n) is 9.10. The summed E-state index contributed by atoms with van der Waals surface area (Å²) in [7, 11) is 0. The number of likely N-dealkylation sites (tertiary alicyclic amines) is 1. The van der Waals surface area contributed by atoms with Crippen LogP contribution in [0.15, 0.2) is 65.6 Å². The van der Waals surface area contributed by atoms with Gasteiger partial charge in [0.15, 0.2) is 0 Å². The number of benzene rings is 1. The van der Waals surface area contributed by atoms with E-state index in [9.17, 15) is 4.79 Å². The molecule has 0 radical (unpaired) electrons. The van der Waals surface area contributed by atoms with Crippen molar-refractivity contribution in [2.45, 2.75) is 31.9 Å². The molecule has 1 amide bonds. The van der Waals surface area contributed by atoms with Crippen molar-refractivity contribution in [3.05, 3.63) is 77.9 Å². The predicted molar refractivity (Wildman–Crippen MR) is 98.9 cm³/mol. The Labute approximate surface area is 157 Å². The second kappa shape index (κ2) is 8.03. The van der Waals surface area contributed by atoms with Crippen molar-refractivity contribution in [3.63, 3.8) is 0 Å². The standard InChI is InChI=1S/C21H21N3O3/c25-21(24-11-2-4-20(24)19-9-12-27-23-19)13-16-5-7-18(8-6-16)26-15-17-3-1-10-22-14-17/h1,3,5-10,12,14,20H,2,4,11,13,15H2. The Hall–Kier alpha value is -3.15. The van der Waals surface area contributed by atoms with Crippen LogP contribution in [0.2, 0.25) is 0 Å². The van der Waals surface area contributed by atoms with Crippen molar-refractivity contribution in [3.8, 4) is 5.75 Å². The molecule has 0 spiro atoms. The number of nitrogens with zero attached hydrogens (tertiary/aromatic N) is 3. The lowest BCUT2D eigenvalue weighted by Crippen LogP contribution is -2.32. The molecule has 1 unspecified atom stereocenters. The highest BCUT2D eigenvalue weighted by atomic mass is 16.5. The molecule has 138 valence electrons. The zero-order valence-corrected chi connectivity index (χ0v) is 15.0. The van der Waals surface area contributed by atoms with Crippen LogP contribution in [0.5, 0.6) is 5.75 Å². The van der Waals surface area contributed by atoms with E-state index in [1.807, 2.05) is 47.4 Å². The predicted octanol–water partition coefficient (Wildman–Crippen LogP) is 3.55. The third kappa shape index (κ3) is 4.16. The molecule has 6 heteroatoms. The second-order valence-corrected chi connectivity index (χ2v) is 6.64. The molecule has 1 fully saturated rings. The number of hydrogen-bond donors (Lipinski definition) is 0. The first-order valence-corrected chi connectivity index (χ1v) is 9.10. The lowest BCUT2D eigenvalue weighted by molar-refractivity contribution is -0.131. The molecule has 0 aliphatic carbocycles. The summed E-state index contributed by atoms with van der Waals surface area (Å²) in [4.78, 5) is 18.7. The van der Waals surface area contributed by atoms with E-state index in [4.69, 9.17) is 9.26 Å². The summed E-state index contributed by atoms with van der Waals surface area (Å²) in [6, 6.07) is 13.4. The van der Waals surface area contributed by atoms with Crippen LogP contribution in [0.1, 0.15) is 35.7 Å². The summed E-state index contributed by atoms with van der Waals surface area (Å²) < 4.78 is 10.7. The fourth-order valence-electron chi connectivity index (χ4n) is 3.40. The Bertz CT molecular complexity index is 863. The molecule has 27 heavy (non-hydrogen) atoms. The number of carbonyl (C=O) groups is 1. The van der Waals surface area contributed by atoms with Gasteiger partial charge in [-0.15, -0.1) is 0 Å². The minimum absolute atomic E-state index is 0.0262. The van der Waals surface area contributed by atoms with Gasteiger partial charge in [0.25, 0.3) is 0 Å². The normalized spacial score (nSPS) is 16.4. The van der Waals surface area contributed by atoms with Gasteiger partial charge in [0.1, 0.15) is 24.3 Å². The Kier molecular flexibility index (Phi) is 5.14. The molecular weight excluding hydrogens is 342 g/mol. The number of aromatic nitrogens is 2. The Morgan fingerprint density at radius 3 is 2.81 bits per heavy atom. The third-order valence-electron chi connectivity index (χ3n) is 4.78. The van der Waals surface area contributed by atoms with Gasteiger partial charge in [-0.2, -0.15) is 0 Å². The van der Waals surface area contributed by atoms with Crippen LogP contribution in [-0.4, -0.2) is 27.5 Å². The quantitative estimate of drug-likeness (QED) is 0.670. The molecule has 1 aromatic carbocycles. The van der Waals surface area contributed by atoms with Gasteiger partial charge in [0, 0.05) is 30.6 Å². The van der Waals surface area contributed by atoms with Crippen LogP contribution in [0.3, 0.4) is 0 Å². The van der Waals surface area contributed by atoms with Crippen molar-refractivity contribution in [1.82, 2.24) is 15.0 Å². The van der Waals surface area contributed by atoms with Gasteiger partial charge in [-0.05, 0) is 36.6 Å². The topological polar surface area (TPSA) is 68.5 Å². The van der Waals surface area contributed by atoms with Crippen LogP contribution in [0.4, 0.5) is 0 Å². The van der Waals surface area contributed by atoms with Gasteiger partial charge >= 0.3 is 0 Å². The molecule has 3 heterocycles. The highest BCUT2D eigenvalue weighted by molar-refractivity contribution is 5.79. The fraction of sp³-hybridized carbons (Fsp3) is 0.286. The van der Waals surface area contributed by atoms with E-state index in [1.54, 1.807) is 18.7 Å². The zero-order chi connectivity index (χ0) is 18.5. The first-order chi connectivity index (χ1) is 13.3. The van der Waals surface area contributed by atoms with Gasteiger partial charge in [0.05, 0.1) is 12.5 Å². The average molecular weight is 363 g/mol. The van der Waals surface area contributed by atoms with Crippen LogP contribution >= 0.6 is 0 Å². The molecule has 0 bridgehead atoms. The number of ether oxygens (including phenoxy) is 1. The van der Waals surface area contributed by atoms with E-state index in [1.165, 1.54) is 0 Å². The minimum atomic E-state index is 0.0262. The van der Waals surface area contributed by atoms with E-state index < -0.39 is 0 Å². The largest absolute Gasteiger partial charge is 0.489 e. The summed E-state index contributed by atoms with van der Waals surface area (Å²) in [5.41, 5.74) is 2.82. The molecule has 1 atom stereocenters. The van der Waals surface area contributed by atoms with Crippen molar-refractivity contribution >= 4 is 5.91 Å². The molecular formula is C21H21N3O3. The fourth-order valence-corrected chi connectivity index (χ4v) is 3.40. The Morgan fingerprint density at radius 1 is 1.19 bits per heavy atom. The van der Waals surface area contributed by atoms with Crippen LogP contribution in [0.25, 0.3) is 0 Å². The Morgan fingerprint density at radius 2 is 2.07 bits per heavy atom. The highest BCUT2D eigenvalue weighted by Crippen LogP contribution is 2.31. The highest BCUT2D eigenvalue weighted by Gasteiger charge is 2.31. The van der Waals surface area contributed by atoms with Crippen molar-refractivity contribution in [2.75, 3.05) is 6.54 Å². The van der Waals surface area contributed by atoms with Crippen molar-refractivity contribution in [2.24, 2.45) is 0 Å². The summed E-state index contributed by atoms with van der Waals surface area (Å²) in [5.74, 6) is 0.890. The number of pyridine rings is 1. The van der Waals surface area contributed by atoms with Crippen LogP contribution in [-0.2, 0) is 17.8 Å². The van der Waals surface area contributed by atoms with E-state index in [0.29, 0.717) is 13.0 Å². The zero-order valence-electron chi connectivity index (χ0n) is 15.0. The SMILES string of the molecule is O=C(Cc1ccc(OCc2cccnc2)cc1)N1CCCC1c1ccon1. The molecule has 1 aliphatic rings. The number of hydrogen-bond acceptors (Lipinski definition) is 5. The smallest absolute Gasteiger partial charge is 0.227 e. The molecule has 1 aliphatic heterocycles. The van der Waals surface area contributed by atoms with Crippen LogP contribution < -0.4 is 4.74 Å². The molecule has 2 aromatic heterocycles. The maximum Gasteiger partial charge on any atom is 0.227 e. The second-order valence-electron chi connectivity index (χ2n) is 6.64.